The van der Waals surface area contributed by atoms with Gasteiger partial charge in [-0.3, -0.25) is 4.90 Å². The molecule has 0 spiro atoms. The van der Waals surface area contributed by atoms with Crippen molar-refractivity contribution in [3.63, 3.8) is 0 Å². The van der Waals surface area contributed by atoms with Gasteiger partial charge in [-0.25, -0.2) is 17.6 Å². The zero-order valence-corrected chi connectivity index (χ0v) is 14.1. The van der Waals surface area contributed by atoms with E-state index in [1.165, 1.54) is 0 Å². The number of rotatable bonds is 5. The van der Waals surface area contributed by atoms with Gasteiger partial charge in [0.05, 0.1) is 6.26 Å². The van der Waals surface area contributed by atoms with Gasteiger partial charge in [0.15, 0.2) is 0 Å². The van der Waals surface area contributed by atoms with E-state index in [-0.39, 0.29) is 6.04 Å². The number of hydrogen-bond acceptors (Lipinski definition) is 4. The molecule has 0 bridgehead atoms. The molecule has 8 heteroatoms. The summed E-state index contributed by atoms with van der Waals surface area (Å²) in [5, 5.41) is 0.645. The van der Waals surface area contributed by atoms with Crippen molar-refractivity contribution < 1.29 is 8.42 Å². The maximum Gasteiger partial charge on any atom is 0.208 e. The van der Waals surface area contributed by atoms with Gasteiger partial charge >= 0.3 is 0 Å². The number of nitrogens with one attached hydrogen (secondary N) is 1. The van der Waals surface area contributed by atoms with Crippen LogP contribution in [-0.4, -0.2) is 56.7 Å². The van der Waals surface area contributed by atoms with E-state index in [2.05, 4.69) is 9.62 Å². The fraction of sp³-hybridized carbons (Fsp3) is 0.538. The van der Waals surface area contributed by atoms with Gasteiger partial charge in [-0.15, -0.1) is 0 Å². The molecule has 118 valence electrons. The Morgan fingerprint density at radius 2 is 1.86 bits per heavy atom. The first-order chi connectivity index (χ1) is 9.87. The van der Waals surface area contributed by atoms with Crippen LogP contribution in [0, 0.1) is 0 Å². The number of nitrogens with zero attached hydrogens (tertiary/aromatic N) is 2. The Kier molecular flexibility index (Phi) is 5.88. The van der Waals surface area contributed by atoms with E-state index in [1.807, 2.05) is 24.3 Å². The standard InChI is InChI=1S/C13H19Cl2N3O2S/c1-21(19,20)16-10-13(11-4-2-3-5-12(11)14)17-6-8-18(15)9-7-17/h2-5,13,16H,6-10H2,1H3. The fourth-order valence-electron chi connectivity index (χ4n) is 2.42. The lowest BCUT2D eigenvalue weighted by atomic mass is 10.0. The highest BCUT2D eigenvalue weighted by Crippen LogP contribution is 2.28. The van der Waals surface area contributed by atoms with Gasteiger partial charge in [0.1, 0.15) is 0 Å². The van der Waals surface area contributed by atoms with Crippen LogP contribution in [0.15, 0.2) is 24.3 Å². The Balaban J connectivity index is 2.20. The zero-order chi connectivity index (χ0) is 15.5. The number of halogens is 2. The highest BCUT2D eigenvalue weighted by Gasteiger charge is 2.26. The SMILES string of the molecule is CS(=O)(=O)NCC(c1ccccc1Cl)N1CCN(Cl)CC1. The predicted octanol–water partition coefficient (Wildman–Crippen LogP) is 1.70. The average Bonchev–Trinajstić information content (AvgIpc) is 2.41. The van der Waals surface area contributed by atoms with E-state index in [9.17, 15) is 8.42 Å². The van der Waals surface area contributed by atoms with Crippen LogP contribution in [0.2, 0.25) is 5.02 Å². The monoisotopic (exact) mass is 351 g/mol. The first-order valence-electron chi connectivity index (χ1n) is 6.70. The lowest BCUT2D eigenvalue weighted by molar-refractivity contribution is 0.140. The number of benzene rings is 1. The van der Waals surface area contributed by atoms with Crippen molar-refractivity contribution in [1.29, 1.82) is 0 Å². The van der Waals surface area contributed by atoms with E-state index < -0.39 is 10.0 Å². The molecular formula is C13H19Cl2N3O2S. The van der Waals surface area contributed by atoms with Crippen LogP contribution in [0.3, 0.4) is 0 Å². The Morgan fingerprint density at radius 1 is 1.24 bits per heavy atom. The maximum absolute atomic E-state index is 11.4. The molecule has 1 aromatic rings. The lowest BCUT2D eigenvalue weighted by Crippen LogP contribution is -2.47. The lowest BCUT2D eigenvalue weighted by Gasteiger charge is -2.37. The van der Waals surface area contributed by atoms with Crippen molar-refractivity contribution in [2.75, 3.05) is 39.0 Å². The third-order valence-corrected chi connectivity index (χ3v) is 4.88. The second-order valence-corrected chi connectivity index (χ2v) is 7.82. The van der Waals surface area contributed by atoms with Crippen molar-refractivity contribution in [2.45, 2.75) is 6.04 Å². The third kappa shape index (κ3) is 5.09. The molecule has 1 aromatic carbocycles. The molecule has 1 aliphatic rings. The van der Waals surface area contributed by atoms with Gasteiger partial charge < -0.3 is 0 Å². The minimum atomic E-state index is -3.25. The highest BCUT2D eigenvalue weighted by atomic mass is 35.5. The summed E-state index contributed by atoms with van der Waals surface area (Å²) in [6, 6.07) is 7.43. The predicted molar refractivity (Wildman–Crippen MR) is 86.0 cm³/mol. The average molecular weight is 352 g/mol. The summed E-state index contributed by atoms with van der Waals surface area (Å²) >= 11 is 12.3. The molecule has 1 saturated heterocycles. The largest absolute Gasteiger partial charge is 0.292 e. The van der Waals surface area contributed by atoms with Crippen LogP contribution in [0.5, 0.6) is 0 Å². The third-order valence-electron chi connectivity index (χ3n) is 3.50. The molecule has 1 atom stereocenters. The number of piperazine rings is 1. The van der Waals surface area contributed by atoms with Crippen molar-refractivity contribution in [3.8, 4) is 0 Å². The van der Waals surface area contributed by atoms with Crippen molar-refractivity contribution in [1.82, 2.24) is 14.0 Å². The first-order valence-corrected chi connectivity index (χ1v) is 9.31. The van der Waals surface area contributed by atoms with Gasteiger partial charge in [0.2, 0.25) is 10.0 Å². The number of hydrogen-bond donors (Lipinski definition) is 1. The molecule has 0 aliphatic carbocycles. The summed E-state index contributed by atoms with van der Waals surface area (Å²) in [6.45, 7) is 3.31. The molecule has 2 rings (SSSR count). The Bertz CT molecular complexity index is 575. The maximum atomic E-state index is 11.4. The van der Waals surface area contributed by atoms with E-state index in [4.69, 9.17) is 23.4 Å². The van der Waals surface area contributed by atoms with Crippen LogP contribution >= 0.6 is 23.4 Å². The van der Waals surface area contributed by atoms with Crippen LogP contribution in [0.4, 0.5) is 0 Å². The topological polar surface area (TPSA) is 52.7 Å². The van der Waals surface area contributed by atoms with Crippen LogP contribution < -0.4 is 4.72 Å². The molecule has 0 amide bonds. The van der Waals surface area contributed by atoms with Gasteiger partial charge in [-0.2, -0.15) is 0 Å². The molecule has 21 heavy (non-hydrogen) atoms. The Hall–Kier alpha value is -0.370. The normalized spacial score (nSPS) is 19.6. The smallest absolute Gasteiger partial charge is 0.208 e. The quantitative estimate of drug-likeness (QED) is 0.820. The summed E-state index contributed by atoms with van der Waals surface area (Å²) in [5.74, 6) is 0. The minimum absolute atomic E-state index is 0.0983. The molecule has 1 N–H and O–H groups in total. The molecule has 0 saturated carbocycles. The van der Waals surface area contributed by atoms with E-state index >= 15 is 0 Å². The minimum Gasteiger partial charge on any atom is -0.292 e. The molecule has 1 fully saturated rings. The molecule has 1 aliphatic heterocycles. The van der Waals surface area contributed by atoms with Gasteiger partial charge in [0, 0.05) is 43.8 Å². The summed E-state index contributed by atoms with van der Waals surface area (Å²) in [5.41, 5.74) is 0.929. The van der Waals surface area contributed by atoms with Gasteiger partial charge in [-0.1, -0.05) is 29.8 Å². The summed E-state index contributed by atoms with van der Waals surface area (Å²) in [7, 11) is -3.25. The van der Waals surface area contributed by atoms with Crippen molar-refractivity contribution in [3.05, 3.63) is 34.9 Å². The summed E-state index contributed by atoms with van der Waals surface area (Å²) in [6.07, 6.45) is 1.16. The zero-order valence-electron chi connectivity index (χ0n) is 11.8. The first kappa shape index (κ1) is 17.0. The Morgan fingerprint density at radius 3 is 2.43 bits per heavy atom. The molecule has 0 aromatic heterocycles. The van der Waals surface area contributed by atoms with E-state index in [0.717, 1.165) is 38.0 Å². The molecule has 5 nitrogen and oxygen atoms in total. The Labute approximate surface area is 136 Å². The second-order valence-electron chi connectivity index (χ2n) is 5.10. The van der Waals surface area contributed by atoms with Crippen molar-refractivity contribution >= 4 is 33.4 Å². The van der Waals surface area contributed by atoms with Crippen molar-refractivity contribution in [2.24, 2.45) is 0 Å². The van der Waals surface area contributed by atoms with Crippen LogP contribution in [0.1, 0.15) is 11.6 Å². The summed E-state index contributed by atoms with van der Waals surface area (Å²) < 4.78 is 27.1. The van der Waals surface area contributed by atoms with Crippen LogP contribution in [0.25, 0.3) is 0 Å². The molecule has 0 radical (unpaired) electrons. The second kappa shape index (κ2) is 7.26. The molecule has 1 unspecified atom stereocenters. The van der Waals surface area contributed by atoms with Crippen LogP contribution in [-0.2, 0) is 10.0 Å². The van der Waals surface area contributed by atoms with Gasteiger partial charge in [0.25, 0.3) is 0 Å². The van der Waals surface area contributed by atoms with E-state index in [1.54, 1.807) is 4.42 Å². The number of sulfonamides is 1. The fourth-order valence-corrected chi connectivity index (χ4v) is 3.29. The highest BCUT2D eigenvalue weighted by molar-refractivity contribution is 7.88. The molecule has 1 heterocycles. The summed E-state index contributed by atoms with van der Waals surface area (Å²) in [4.78, 5) is 2.21. The van der Waals surface area contributed by atoms with E-state index in [0.29, 0.717) is 11.6 Å². The molecular weight excluding hydrogens is 333 g/mol. The van der Waals surface area contributed by atoms with Gasteiger partial charge in [-0.05, 0) is 23.4 Å².